The van der Waals surface area contributed by atoms with Gasteiger partial charge in [0, 0.05) is 12.1 Å². The van der Waals surface area contributed by atoms with Crippen molar-refractivity contribution in [2.24, 2.45) is 5.92 Å². The van der Waals surface area contributed by atoms with Crippen LogP contribution < -0.4 is 10.1 Å². The molecule has 19 heavy (non-hydrogen) atoms. The van der Waals surface area contributed by atoms with Crippen LogP contribution in [-0.4, -0.2) is 13.2 Å². The summed E-state index contributed by atoms with van der Waals surface area (Å²) in [5.41, 5.74) is 1.28. The Morgan fingerprint density at radius 1 is 1.16 bits per heavy atom. The molecule has 2 unspecified atom stereocenters. The predicted molar refractivity (Wildman–Crippen MR) is 85.8 cm³/mol. The van der Waals surface area contributed by atoms with Gasteiger partial charge >= 0.3 is 0 Å². The Balaban J connectivity index is 2.57. The lowest BCUT2D eigenvalue weighted by Crippen LogP contribution is -2.29. The Morgan fingerprint density at radius 2 is 1.84 bits per heavy atom. The van der Waals surface area contributed by atoms with Crippen molar-refractivity contribution in [3.63, 3.8) is 0 Å². The number of halogens is 1. The van der Waals surface area contributed by atoms with Crippen molar-refractivity contribution in [1.82, 2.24) is 5.32 Å². The van der Waals surface area contributed by atoms with Crippen molar-refractivity contribution in [2.45, 2.75) is 52.6 Å². The van der Waals surface area contributed by atoms with Crippen LogP contribution in [0.4, 0.5) is 0 Å². The number of methoxy groups -OCH3 is 1. The normalized spacial score (nSPS) is 14.5. The van der Waals surface area contributed by atoms with E-state index >= 15 is 0 Å². The van der Waals surface area contributed by atoms with Crippen LogP contribution in [0.3, 0.4) is 0 Å². The van der Waals surface area contributed by atoms with Crippen LogP contribution in [0.15, 0.2) is 22.7 Å². The topological polar surface area (TPSA) is 21.3 Å². The highest BCUT2D eigenvalue weighted by atomic mass is 79.9. The molecule has 0 spiro atoms. The number of hydrogen-bond acceptors (Lipinski definition) is 2. The second-order valence-corrected chi connectivity index (χ2v) is 6.51. The Morgan fingerprint density at radius 3 is 2.37 bits per heavy atom. The van der Waals surface area contributed by atoms with Crippen LogP contribution in [-0.2, 0) is 0 Å². The summed E-state index contributed by atoms with van der Waals surface area (Å²) in [5.74, 6) is 1.65. The molecular formula is C16H26BrNO. The fourth-order valence-electron chi connectivity index (χ4n) is 2.14. The third-order valence-corrected chi connectivity index (χ3v) is 4.01. The molecule has 1 aromatic carbocycles. The largest absolute Gasteiger partial charge is 0.496 e. The molecule has 3 heteroatoms. The van der Waals surface area contributed by atoms with Crippen LogP contribution in [0.5, 0.6) is 5.75 Å². The molecule has 0 aliphatic rings. The highest BCUT2D eigenvalue weighted by molar-refractivity contribution is 9.10. The van der Waals surface area contributed by atoms with E-state index in [0.717, 1.165) is 16.1 Å². The van der Waals surface area contributed by atoms with Crippen molar-refractivity contribution in [2.75, 3.05) is 7.11 Å². The summed E-state index contributed by atoms with van der Waals surface area (Å²) in [6, 6.07) is 7.15. The maximum atomic E-state index is 5.26. The lowest BCUT2D eigenvalue weighted by atomic mass is 10.0. The molecule has 0 bridgehead atoms. The third-order valence-electron chi connectivity index (χ3n) is 3.39. The Kier molecular flexibility index (Phi) is 6.87. The van der Waals surface area contributed by atoms with Gasteiger partial charge in [-0.25, -0.2) is 0 Å². The first-order valence-electron chi connectivity index (χ1n) is 7.03. The Bertz CT molecular complexity index is 392. The summed E-state index contributed by atoms with van der Waals surface area (Å²) in [7, 11) is 1.69. The van der Waals surface area contributed by atoms with Gasteiger partial charge in [-0.15, -0.1) is 0 Å². The summed E-state index contributed by atoms with van der Waals surface area (Å²) in [6.45, 7) is 9.02. The maximum Gasteiger partial charge on any atom is 0.133 e. The lowest BCUT2D eigenvalue weighted by molar-refractivity contribution is 0.408. The van der Waals surface area contributed by atoms with E-state index in [0.29, 0.717) is 12.1 Å². The van der Waals surface area contributed by atoms with Gasteiger partial charge in [-0.2, -0.15) is 0 Å². The van der Waals surface area contributed by atoms with E-state index in [2.05, 4.69) is 61.1 Å². The van der Waals surface area contributed by atoms with Gasteiger partial charge in [0.25, 0.3) is 0 Å². The second kappa shape index (κ2) is 7.91. The van der Waals surface area contributed by atoms with Gasteiger partial charge in [0.1, 0.15) is 5.75 Å². The quantitative estimate of drug-likeness (QED) is 0.766. The molecule has 0 radical (unpaired) electrons. The SMILES string of the molecule is COc1ccc(C(C)NC(C)CCC(C)C)cc1Br. The van der Waals surface area contributed by atoms with Gasteiger partial charge in [0.15, 0.2) is 0 Å². The molecule has 0 saturated carbocycles. The van der Waals surface area contributed by atoms with Crippen molar-refractivity contribution >= 4 is 15.9 Å². The summed E-state index contributed by atoms with van der Waals surface area (Å²) in [5, 5.41) is 3.65. The average Bonchev–Trinajstić information content (AvgIpc) is 2.36. The van der Waals surface area contributed by atoms with Crippen LogP contribution in [0.2, 0.25) is 0 Å². The minimum atomic E-state index is 0.351. The first-order valence-corrected chi connectivity index (χ1v) is 7.82. The molecule has 2 atom stereocenters. The van der Waals surface area contributed by atoms with E-state index in [1.807, 2.05) is 6.07 Å². The molecule has 1 N–H and O–H groups in total. The van der Waals surface area contributed by atoms with Gasteiger partial charge in [0.05, 0.1) is 11.6 Å². The zero-order valence-electron chi connectivity index (χ0n) is 12.7. The van der Waals surface area contributed by atoms with Gasteiger partial charge in [-0.3, -0.25) is 0 Å². The molecule has 2 nitrogen and oxygen atoms in total. The molecule has 0 amide bonds. The number of hydrogen-bond donors (Lipinski definition) is 1. The molecular weight excluding hydrogens is 302 g/mol. The standard InChI is InChI=1S/C16H26BrNO/c1-11(2)6-7-12(3)18-13(4)14-8-9-16(19-5)15(17)10-14/h8-13,18H,6-7H2,1-5H3. The molecule has 0 fully saturated rings. The first kappa shape index (κ1) is 16.5. The fourth-order valence-corrected chi connectivity index (χ4v) is 2.70. The van der Waals surface area contributed by atoms with Crippen LogP contribution in [0.1, 0.15) is 52.1 Å². The lowest BCUT2D eigenvalue weighted by Gasteiger charge is -2.21. The number of ether oxygens (including phenoxy) is 1. The summed E-state index contributed by atoms with van der Waals surface area (Å²) in [6.07, 6.45) is 2.49. The summed E-state index contributed by atoms with van der Waals surface area (Å²) in [4.78, 5) is 0. The average molecular weight is 328 g/mol. The number of benzene rings is 1. The summed E-state index contributed by atoms with van der Waals surface area (Å²) >= 11 is 3.54. The molecule has 1 aromatic rings. The molecule has 108 valence electrons. The summed E-state index contributed by atoms with van der Waals surface area (Å²) < 4.78 is 6.27. The van der Waals surface area contributed by atoms with E-state index < -0.39 is 0 Å². The van der Waals surface area contributed by atoms with Crippen molar-refractivity contribution < 1.29 is 4.74 Å². The van der Waals surface area contributed by atoms with Crippen LogP contribution >= 0.6 is 15.9 Å². The van der Waals surface area contributed by atoms with E-state index in [1.165, 1.54) is 18.4 Å². The zero-order chi connectivity index (χ0) is 14.4. The second-order valence-electron chi connectivity index (χ2n) is 5.65. The Labute approximate surface area is 126 Å². The van der Waals surface area contributed by atoms with Crippen LogP contribution in [0, 0.1) is 5.92 Å². The Hall–Kier alpha value is -0.540. The molecule has 0 aromatic heterocycles. The predicted octanol–water partition coefficient (Wildman–Crippen LogP) is 4.93. The molecule has 0 saturated heterocycles. The molecule has 0 aliphatic carbocycles. The van der Waals surface area contributed by atoms with E-state index in [9.17, 15) is 0 Å². The van der Waals surface area contributed by atoms with Gasteiger partial charge in [0.2, 0.25) is 0 Å². The molecule has 1 rings (SSSR count). The van der Waals surface area contributed by atoms with Crippen molar-refractivity contribution in [3.05, 3.63) is 28.2 Å². The smallest absolute Gasteiger partial charge is 0.133 e. The van der Waals surface area contributed by atoms with Crippen molar-refractivity contribution in [3.8, 4) is 5.75 Å². The van der Waals surface area contributed by atoms with Gasteiger partial charge in [-0.1, -0.05) is 19.9 Å². The zero-order valence-corrected chi connectivity index (χ0v) is 14.3. The highest BCUT2D eigenvalue weighted by Crippen LogP contribution is 2.28. The highest BCUT2D eigenvalue weighted by Gasteiger charge is 2.11. The van der Waals surface area contributed by atoms with Crippen molar-refractivity contribution in [1.29, 1.82) is 0 Å². The van der Waals surface area contributed by atoms with Gasteiger partial charge in [-0.05, 0) is 66.2 Å². The van der Waals surface area contributed by atoms with E-state index in [4.69, 9.17) is 4.74 Å². The monoisotopic (exact) mass is 327 g/mol. The van der Waals surface area contributed by atoms with E-state index in [1.54, 1.807) is 7.11 Å². The molecule has 0 aliphatic heterocycles. The number of rotatable bonds is 7. The maximum absolute atomic E-state index is 5.26. The minimum absolute atomic E-state index is 0.351. The third kappa shape index (κ3) is 5.53. The van der Waals surface area contributed by atoms with Gasteiger partial charge < -0.3 is 10.1 Å². The minimum Gasteiger partial charge on any atom is -0.496 e. The van der Waals surface area contributed by atoms with Crippen LogP contribution in [0.25, 0.3) is 0 Å². The van der Waals surface area contributed by atoms with E-state index in [-0.39, 0.29) is 0 Å². The first-order chi connectivity index (χ1) is 8.93. The number of nitrogens with one attached hydrogen (secondary N) is 1. The molecule has 0 heterocycles. The fraction of sp³-hybridized carbons (Fsp3) is 0.625.